The second kappa shape index (κ2) is 8.75. The molecule has 0 saturated carbocycles. The van der Waals surface area contributed by atoms with Gasteiger partial charge in [0.1, 0.15) is 18.0 Å². The number of benzene rings is 1. The van der Waals surface area contributed by atoms with E-state index >= 15 is 0 Å². The van der Waals surface area contributed by atoms with Crippen molar-refractivity contribution in [2.45, 2.75) is 45.5 Å². The van der Waals surface area contributed by atoms with E-state index in [4.69, 9.17) is 4.74 Å². The molecule has 140 valence electrons. The van der Waals surface area contributed by atoms with Crippen molar-refractivity contribution in [3.8, 4) is 0 Å². The molecule has 3 rings (SSSR count). The Hall–Kier alpha value is -2.48. The summed E-state index contributed by atoms with van der Waals surface area (Å²) in [5.74, 6) is 1.52. The van der Waals surface area contributed by atoms with Gasteiger partial charge in [-0.1, -0.05) is 6.07 Å². The van der Waals surface area contributed by atoms with Gasteiger partial charge in [-0.05, 0) is 31.0 Å². The number of hydrogen-bond donors (Lipinski definition) is 2. The van der Waals surface area contributed by atoms with Crippen molar-refractivity contribution in [3.05, 3.63) is 47.3 Å². The van der Waals surface area contributed by atoms with Crippen LogP contribution in [0.5, 0.6) is 0 Å². The topological polar surface area (TPSA) is 76.4 Å². The van der Waals surface area contributed by atoms with Gasteiger partial charge in [-0.3, -0.25) is 0 Å². The Kier molecular flexibility index (Phi) is 6.17. The molecule has 2 N–H and O–H groups in total. The van der Waals surface area contributed by atoms with E-state index in [1.54, 1.807) is 25.6 Å². The van der Waals surface area contributed by atoms with Gasteiger partial charge in [0.25, 0.3) is 0 Å². The van der Waals surface area contributed by atoms with Crippen molar-refractivity contribution in [1.82, 2.24) is 25.4 Å². The summed E-state index contributed by atoms with van der Waals surface area (Å²) in [5, 5.41) is 11.0. The quantitative estimate of drug-likeness (QED) is 0.605. The summed E-state index contributed by atoms with van der Waals surface area (Å²) in [5.41, 5.74) is 1.49. The lowest BCUT2D eigenvalue weighted by Crippen LogP contribution is -2.47. The smallest absolute Gasteiger partial charge is 0.191 e. The molecular formula is C18H25FN6O. The fourth-order valence-electron chi connectivity index (χ4n) is 3.03. The van der Waals surface area contributed by atoms with Gasteiger partial charge in [-0.15, -0.1) is 0 Å². The van der Waals surface area contributed by atoms with Crippen LogP contribution in [-0.2, 0) is 30.9 Å². The molecule has 0 spiro atoms. The zero-order valence-electron chi connectivity index (χ0n) is 15.2. The first-order valence-corrected chi connectivity index (χ1v) is 8.87. The van der Waals surface area contributed by atoms with E-state index in [1.807, 2.05) is 11.6 Å². The van der Waals surface area contributed by atoms with Crippen molar-refractivity contribution >= 4 is 5.96 Å². The maximum atomic E-state index is 13.7. The second-order valence-electron chi connectivity index (χ2n) is 6.29. The Morgan fingerprint density at radius 3 is 3.15 bits per heavy atom. The summed E-state index contributed by atoms with van der Waals surface area (Å²) in [6, 6.07) is 5.27. The molecule has 8 heteroatoms. The molecule has 1 aliphatic rings. The number of methoxy groups -OCH3 is 1. The molecule has 7 nitrogen and oxygen atoms in total. The number of nitrogens with one attached hydrogen (secondary N) is 2. The van der Waals surface area contributed by atoms with Gasteiger partial charge in [0.2, 0.25) is 0 Å². The average molecular weight is 360 g/mol. The van der Waals surface area contributed by atoms with Gasteiger partial charge in [-0.2, -0.15) is 5.10 Å². The van der Waals surface area contributed by atoms with Crippen molar-refractivity contribution in [1.29, 1.82) is 0 Å². The molecule has 26 heavy (non-hydrogen) atoms. The molecule has 0 radical (unpaired) electrons. The van der Waals surface area contributed by atoms with E-state index in [2.05, 4.69) is 25.7 Å². The average Bonchev–Trinajstić information content (AvgIpc) is 3.10. The van der Waals surface area contributed by atoms with E-state index in [9.17, 15) is 4.39 Å². The maximum Gasteiger partial charge on any atom is 0.191 e. The van der Waals surface area contributed by atoms with Gasteiger partial charge in [-0.25, -0.2) is 19.0 Å². The maximum absolute atomic E-state index is 13.7. The highest BCUT2D eigenvalue weighted by Gasteiger charge is 2.20. The van der Waals surface area contributed by atoms with E-state index in [0.717, 1.165) is 43.3 Å². The first kappa shape index (κ1) is 18.3. The second-order valence-corrected chi connectivity index (χ2v) is 6.29. The van der Waals surface area contributed by atoms with Crippen LogP contribution in [0.25, 0.3) is 0 Å². The lowest BCUT2D eigenvalue weighted by Gasteiger charge is -2.25. The summed E-state index contributed by atoms with van der Waals surface area (Å²) in [7, 11) is 1.56. The van der Waals surface area contributed by atoms with Crippen molar-refractivity contribution in [3.63, 3.8) is 0 Å². The number of fused-ring (bicyclic) bond motifs is 1. The summed E-state index contributed by atoms with van der Waals surface area (Å²) in [4.78, 5) is 8.89. The molecule has 2 heterocycles. The van der Waals surface area contributed by atoms with Crippen molar-refractivity contribution in [2.75, 3.05) is 13.7 Å². The van der Waals surface area contributed by atoms with E-state index < -0.39 is 0 Å². The van der Waals surface area contributed by atoms with E-state index in [0.29, 0.717) is 12.1 Å². The van der Waals surface area contributed by atoms with Crippen LogP contribution < -0.4 is 10.6 Å². The van der Waals surface area contributed by atoms with Gasteiger partial charge >= 0.3 is 0 Å². The molecule has 1 unspecified atom stereocenters. The molecule has 1 aromatic heterocycles. The Morgan fingerprint density at radius 2 is 2.35 bits per heavy atom. The summed E-state index contributed by atoms with van der Waals surface area (Å²) < 4.78 is 20.7. The minimum atomic E-state index is -0.254. The van der Waals surface area contributed by atoms with Crippen LogP contribution in [0.1, 0.15) is 30.3 Å². The van der Waals surface area contributed by atoms with Crippen LogP contribution in [0.2, 0.25) is 0 Å². The fourth-order valence-corrected chi connectivity index (χ4v) is 3.03. The highest BCUT2D eigenvalue weighted by atomic mass is 19.1. The molecule has 1 aliphatic heterocycles. The minimum absolute atomic E-state index is 0.249. The van der Waals surface area contributed by atoms with Crippen molar-refractivity contribution in [2.24, 2.45) is 4.99 Å². The molecule has 0 saturated heterocycles. The number of aromatic nitrogens is 3. The number of ether oxygens (including phenoxy) is 1. The lowest BCUT2D eigenvalue weighted by molar-refractivity contribution is 0.181. The third-order valence-electron chi connectivity index (χ3n) is 4.32. The van der Waals surface area contributed by atoms with Crippen LogP contribution in [-0.4, -0.2) is 40.4 Å². The summed E-state index contributed by atoms with van der Waals surface area (Å²) in [6.45, 7) is 4.29. The minimum Gasteiger partial charge on any atom is -0.380 e. The number of hydrogen-bond acceptors (Lipinski definition) is 4. The third kappa shape index (κ3) is 4.57. The highest BCUT2D eigenvalue weighted by Crippen LogP contribution is 2.13. The van der Waals surface area contributed by atoms with Gasteiger partial charge < -0.3 is 15.4 Å². The number of rotatable bonds is 6. The van der Waals surface area contributed by atoms with Crippen LogP contribution in [0, 0.1) is 5.82 Å². The molecular weight excluding hydrogens is 335 g/mol. The number of nitrogens with zero attached hydrogens (tertiary/aromatic N) is 4. The predicted octanol–water partition coefficient (Wildman–Crippen LogP) is 1.63. The largest absolute Gasteiger partial charge is 0.380 e. The fraction of sp³-hybridized carbons (Fsp3) is 0.500. The molecule has 1 atom stereocenters. The number of guanidine groups is 1. The summed E-state index contributed by atoms with van der Waals surface area (Å²) >= 11 is 0. The summed E-state index contributed by atoms with van der Waals surface area (Å²) in [6.07, 6.45) is 3.48. The lowest BCUT2D eigenvalue weighted by atomic mass is 10.1. The van der Waals surface area contributed by atoms with E-state index in [1.165, 1.54) is 6.07 Å². The van der Waals surface area contributed by atoms with Gasteiger partial charge in [0, 0.05) is 31.7 Å². The van der Waals surface area contributed by atoms with Crippen LogP contribution in [0.15, 0.2) is 29.5 Å². The number of halogens is 1. The zero-order chi connectivity index (χ0) is 18.4. The molecule has 1 aromatic carbocycles. The molecule has 0 amide bonds. The third-order valence-corrected chi connectivity index (χ3v) is 4.32. The molecule has 0 aliphatic carbocycles. The van der Waals surface area contributed by atoms with Crippen molar-refractivity contribution < 1.29 is 9.13 Å². The van der Waals surface area contributed by atoms with Crippen LogP contribution in [0.4, 0.5) is 4.39 Å². The standard InChI is InChI=1S/C18H25FN6O/c1-3-20-18(24-15-5-7-17-22-12-23-25(17)10-15)21-9-13-4-6-16(19)14(8-13)11-26-2/h4,6,8,12,15H,3,5,7,9-11H2,1-2H3,(H2,20,21,24). The monoisotopic (exact) mass is 360 g/mol. The number of aliphatic imine (C=N–C) groups is 1. The Morgan fingerprint density at radius 1 is 1.46 bits per heavy atom. The van der Waals surface area contributed by atoms with E-state index in [-0.39, 0.29) is 18.5 Å². The number of aryl methyl sites for hydroxylation is 1. The Balaban J connectivity index is 1.65. The highest BCUT2D eigenvalue weighted by molar-refractivity contribution is 5.80. The van der Waals surface area contributed by atoms with Crippen LogP contribution >= 0.6 is 0 Å². The Labute approximate surface area is 152 Å². The van der Waals surface area contributed by atoms with Crippen LogP contribution in [0.3, 0.4) is 0 Å². The van der Waals surface area contributed by atoms with Gasteiger partial charge in [0.15, 0.2) is 5.96 Å². The zero-order valence-corrected chi connectivity index (χ0v) is 15.2. The SMILES string of the molecule is CCNC(=NCc1ccc(F)c(COC)c1)NC1CCc2ncnn2C1. The molecule has 0 bridgehead atoms. The first-order chi connectivity index (χ1) is 12.7. The molecule has 0 fully saturated rings. The van der Waals surface area contributed by atoms with Gasteiger partial charge in [0.05, 0.1) is 19.7 Å². The Bertz CT molecular complexity index is 760. The normalized spacial score (nSPS) is 17.0. The molecule has 2 aromatic rings. The first-order valence-electron chi connectivity index (χ1n) is 8.87. The predicted molar refractivity (Wildman–Crippen MR) is 97.2 cm³/mol.